The largest absolute Gasteiger partial charge is 0.385 e. The molecule has 0 radical (unpaired) electrons. The van der Waals surface area contributed by atoms with Crippen LogP contribution in [0.1, 0.15) is 40.7 Å². The number of benzene rings is 2. The average molecular weight is 351 g/mol. The Balaban J connectivity index is 1.63. The Morgan fingerprint density at radius 1 is 1.00 bits per heavy atom. The smallest absolute Gasteiger partial charge is 0.0933 e. The molecule has 0 aromatic heterocycles. The standard InChI is InChI=1S/C23H29NO2/c1-16-9-17(2)22(18(3)10-16)23(25)11-20-14-26-15-21(12-23)24(20)13-19-7-5-4-6-8-19/h4-10,20-21,25H,11-15H2,1-3H3. The van der Waals surface area contributed by atoms with E-state index in [-0.39, 0.29) is 12.1 Å². The highest BCUT2D eigenvalue weighted by molar-refractivity contribution is 5.42. The van der Waals surface area contributed by atoms with Crippen LogP contribution in [0.4, 0.5) is 0 Å². The van der Waals surface area contributed by atoms with Gasteiger partial charge in [-0.05, 0) is 55.9 Å². The fourth-order valence-corrected chi connectivity index (χ4v) is 5.22. The van der Waals surface area contributed by atoms with Crippen molar-refractivity contribution in [2.45, 2.75) is 57.8 Å². The van der Waals surface area contributed by atoms with Gasteiger partial charge >= 0.3 is 0 Å². The lowest BCUT2D eigenvalue weighted by Crippen LogP contribution is -2.60. The number of aryl methyl sites for hydroxylation is 3. The van der Waals surface area contributed by atoms with Gasteiger partial charge in [0.2, 0.25) is 0 Å². The Labute approximate surface area is 156 Å². The SMILES string of the molecule is Cc1cc(C)c(C2(O)CC3COCC(C2)N3Cc2ccccc2)c(C)c1. The average Bonchev–Trinajstić information content (AvgIpc) is 2.56. The molecule has 0 aliphatic carbocycles. The second kappa shape index (κ2) is 6.80. The number of piperidine rings is 1. The molecule has 2 aromatic rings. The first-order valence-corrected chi connectivity index (χ1v) is 9.64. The first-order chi connectivity index (χ1) is 12.5. The molecule has 2 atom stereocenters. The second-order valence-electron chi connectivity index (χ2n) is 8.22. The Morgan fingerprint density at radius 3 is 2.15 bits per heavy atom. The summed E-state index contributed by atoms with van der Waals surface area (Å²) in [7, 11) is 0. The molecule has 3 heteroatoms. The summed E-state index contributed by atoms with van der Waals surface area (Å²) in [4.78, 5) is 2.55. The van der Waals surface area contributed by atoms with Crippen molar-refractivity contribution in [1.82, 2.24) is 4.90 Å². The molecular weight excluding hydrogens is 322 g/mol. The molecule has 2 saturated heterocycles. The maximum atomic E-state index is 11.7. The quantitative estimate of drug-likeness (QED) is 0.911. The van der Waals surface area contributed by atoms with E-state index in [2.05, 4.69) is 68.1 Å². The van der Waals surface area contributed by atoms with Gasteiger partial charge in [-0.25, -0.2) is 0 Å². The Kier molecular flexibility index (Phi) is 4.64. The molecule has 1 N–H and O–H groups in total. The molecule has 0 amide bonds. The zero-order chi connectivity index (χ0) is 18.3. The fourth-order valence-electron chi connectivity index (χ4n) is 5.22. The molecule has 2 unspecified atom stereocenters. The van der Waals surface area contributed by atoms with Crippen LogP contribution in [0.2, 0.25) is 0 Å². The molecule has 0 spiro atoms. The van der Waals surface area contributed by atoms with Gasteiger partial charge in [-0.15, -0.1) is 0 Å². The molecule has 2 fully saturated rings. The minimum absolute atomic E-state index is 0.257. The molecule has 2 heterocycles. The lowest BCUT2D eigenvalue weighted by molar-refractivity contribution is -0.149. The van der Waals surface area contributed by atoms with Crippen LogP contribution >= 0.6 is 0 Å². The van der Waals surface area contributed by atoms with E-state index < -0.39 is 5.60 Å². The highest BCUT2D eigenvalue weighted by atomic mass is 16.5. The molecule has 2 aliphatic heterocycles. The van der Waals surface area contributed by atoms with Gasteiger partial charge < -0.3 is 9.84 Å². The molecule has 4 rings (SSSR count). The summed E-state index contributed by atoms with van der Waals surface area (Å²) in [5.41, 5.74) is 5.39. The van der Waals surface area contributed by atoms with Gasteiger partial charge in [-0.2, -0.15) is 0 Å². The van der Waals surface area contributed by atoms with Crippen LogP contribution in [0.5, 0.6) is 0 Å². The molecular formula is C23H29NO2. The maximum Gasteiger partial charge on any atom is 0.0933 e. The number of ether oxygens (including phenoxy) is 1. The highest BCUT2D eigenvalue weighted by Crippen LogP contribution is 2.43. The summed E-state index contributed by atoms with van der Waals surface area (Å²) in [6, 6.07) is 15.5. The van der Waals surface area contributed by atoms with Gasteiger partial charge in [0.05, 0.1) is 18.8 Å². The summed E-state index contributed by atoms with van der Waals surface area (Å²) in [6.45, 7) is 8.73. The van der Waals surface area contributed by atoms with E-state index in [0.29, 0.717) is 13.2 Å². The van der Waals surface area contributed by atoms with E-state index >= 15 is 0 Å². The molecule has 2 aliphatic rings. The summed E-state index contributed by atoms with van der Waals surface area (Å²) < 4.78 is 5.86. The zero-order valence-corrected chi connectivity index (χ0v) is 16.0. The van der Waals surface area contributed by atoms with Crippen LogP contribution in [0.15, 0.2) is 42.5 Å². The molecule has 3 nitrogen and oxygen atoms in total. The van der Waals surface area contributed by atoms with Gasteiger partial charge in [-0.1, -0.05) is 48.0 Å². The van der Waals surface area contributed by atoms with Crippen LogP contribution in [0, 0.1) is 20.8 Å². The van der Waals surface area contributed by atoms with Gasteiger partial charge in [-0.3, -0.25) is 4.90 Å². The van der Waals surface area contributed by atoms with Gasteiger partial charge in [0.15, 0.2) is 0 Å². The Bertz CT molecular complexity index is 749. The monoisotopic (exact) mass is 351 g/mol. The van der Waals surface area contributed by atoms with E-state index in [9.17, 15) is 5.11 Å². The first-order valence-electron chi connectivity index (χ1n) is 9.64. The lowest BCUT2D eigenvalue weighted by Gasteiger charge is -2.52. The van der Waals surface area contributed by atoms with Crippen molar-refractivity contribution in [2.24, 2.45) is 0 Å². The molecule has 2 bridgehead atoms. The topological polar surface area (TPSA) is 32.7 Å². The first kappa shape index (κ1) is 17.7. The minimum Gasteiger partial charge on any atom is -0.385 e. The lowest BCUT2D eigenvalue weighted by atomic mass is 9.73. The van der Waals surface area contributed by atoms with Crippen LogP contribution in [0.25, 0.3) is 0 Å². The van der Waals surface area contributed by atoms with Crippen LogP contribution in [-0.2, 0) is 16.9 Å². The van der Waals surface area contributed by atoms with Crippen LogP contribution in [0.3, 0.4) is 0 Å². The summed E-state index contributed by atoms with van der Waals surface area (Å²) in [6.07, 6.45) is 1.47. The Hall–Kier alpha value is -1.68. The minimum atomic E-state index is -0.756. The van der Waals surface area contributed by atoms with Crippen LogP contribution in [-0.4, -0.2) is 35.3 Å². The van der Waals surface area contributed by atoms with E-state index in [1.807, 2.05) is 0 Å². The number of hydrogen-bond donors (Lipinski definition) is 1. The van der Waals surface area contributed by atoms with Crippen molar-refractivity contribution in [3.8, 4) is 0 Å². The maximum absolute atomic E-state index is 11.7. The molecule has 2 aromatic carbocycles. The van der Waals surface area contributed by atoms with E-state index in [0.717, 1.165) is 24.9 Å². The predicted molar refractivity (Wildman–Crippen MR) is 104 cm³/mol. The van der Waals surface area contributed by atoms with Crippen molar-refractivity contribution in [2.75, 3.05) is 13.2 Å². The molecule has 138 valence electrons. The number of nitrogens with zero attached hydrogens (tertiary/aromatic N) is 1. The number of morpholine rings is 1. The molecule has 26 heavy (non-hydrogen) atoms. The zero-order valence-electron chi connectivity index (χ0n) is 16.0. The van der Waals surface area contributed by atoms with Gasteiger partial charge in [0, 0.05) is 18.6 Å². The third kappa shape index (κ3) is 3.20. The van der Waals surface area contributed by atoms with Crippen LogP contribution < -0.4 is 0 Å². The third-order valence-electron chi connectivity index (χ3n) is 6.06. The van der Waals surface area contributed by atoms with E-state index in [1.165, 1.54) is 22.3 Å². The number of fused-ring (bicyclic) bond motifs is 2. The summed E-state index contributed by atoms with van der Waals surface area (Å²) >= 11 is 0. The molecule has 0 saturated carbocycles. The normalized spacial score (nSPS) is 28.9. The van der Waals surface area contributed by atoms with Gasteiger partial charge in [0.25, 0.3) is 0 Å². The predicted octanol–water partition coefficient (Wildman–Crippen LogP) is 3.86. The fraction of sp³-hybridized carbons (Fsp3) is 0.478. The van der Waals surface area contributed by atoms with Crippen molar-refractivity contribution in [3.05, 3.63) is 70.3 Å². The van der Waals surface area contributed by atoms with Crippen molar-refractivity contribution in [3.63, 3.8) is 0 Å². The van der Waals surface area contributed by atoms with E-state index in [4.69, 9.17) is 4.74 Å². The third-order valence-corrected chi connectivity index (χ3v) is 6.06. The van der Waals surface area contributed by atoms with E-state index in [1.54, 1.807) is 0 Å². The van der Waals surface area contributed by atoms with Crippen molar-refractivity contribution < 1.29 is 9.84 Å². The second-order valence-corrected chi connectivity index (χ2v) is 8.22. The summed E-state index contributed by atoms with van der Waals surface area (Å²) in [5, 5.41) is 11.7. The van der Waals surface area contributed by atoms with Crippen molar-refractivity contribution in [1.29, 1.82) is 0 Å². The van der Waals surface area contributed by atoms with Crippen molar-refractivity contribution >= 4 is 0 Å². The number of rotatable bonds is 3. The summed E-state index contributed by atoms with van der Waals surface area (Å²) in [5.74, 6) is 0. The Morgan fingerprint density at radius 2 is 1.58 bits per heavy atom. The van der Waals surface area contributed by atoms with Gasteiger partial charge in [0.1, 0.15) is 0 Å². The number of hydrogen-bond acceptors (Lipinski definition) is 3. The highest BCUT2D eigenvalue weighted by Gasteiger charge is 2.47. The number of aliphatic hydroxyl groups is 1.